The lowest BCUT2D eigenvalue weighted by molar-refractivity contribution is 0.0696. The maximum Gasteiger partial charge on any atom is 0.335 e. The highest BCUT2D eigenvalue weighted by Gasteiger charge is 2.18. The number of carboxylic acids is 1. The molecule has 1 aromatic rings. The fourth-order valence-corrected chi connectivity index (χ4v) is 2.67. The van der Waals surface area contributed by atoms with E-state index in [-0.39, 0.29) is 22.0 Å². The SMILES string of the molecule is CCNS(=O)(=O)c1cc(C(=O)O)ccc1Cl. The molecule has 0 bridgehead atoms. The molecule has 0 spiro atoms. The topological polar surface area (TPSA) is 83.5 Å². The molecule has 0 unspecified atom stereocenters. The summed E-state index contributed by atoms with van der Waals surface area (Å²) in [5, 5.41) is 8.73. The summed E-state index contributed by atoms with van der Waals surface area (Å²) in [6.07, 6.45) is 0. The molecule has 0 fully saturated rings. The second kappa shape index (κ2) is 4.82. The van der Waals surface area contributed by atoms with Crippen LogP contribution in [-0.2, 0) is 10.0 Å². The summed E-state index contributed by atoms with van der Waals surface area (Å²) < 4.78 is 25.5. The van der Waals surface area contributed by atoms with Crippen molar-refractivity contribution in [2.24, 2.45) is 0 Å². The molecule has 0 aliphatic carbocycles. The molecule has 0 atom stereocenters. The largest absolute Gasteiger partial charge is 0.478 e. The second-order valence-corrected chi connectivity index (χ2v) is 5.09. The van der Waals surface area contributed by atoms with Crippen LogP contribution in [0, 0.1) is 0 Å². The molecular formula is C9H10ClNO4S. The summed E-state index contributed by atoms with van der Waals surface area (Å²) in [4.78, 5) is 10.5. The van der Waals surface area contributed by atoms with Gasteiger partial charge in [0, 0.05) is 6.54 Å². The van der Waals surface area contributed by atoms with E-state index in [4.69, 9.17) is 16.7 Å². The van der Waals surface area contributed by atoms with E-state index in [1.54, 1.807) is 6.92 Å². The van der Waals surface area contributed by atoms with Crippen LogP contribution in [0.1, 0.15) is 17.3 Å². The maximum absolute atomic E-state index is 11.6. The van der Waals surface area contributed by atoms with Crippen molar-refractivity contribution in [2.75, 3.05) is 6.54 Å². The summed E-state index contributed by atoms with van der Waals surface area (Å²) in [7, 11) is -3.74. The Balaban J connectivity index is 3.33. The second-order valence-electron chi connectivity index (χ2n) is 2.95. The molecule has 2 N–H and O–H groups in total. The van der Waals surface area contributed by atoms with Gasteiger partial charge in [0.05, 0.1) is 10.6 Å². The van der Waals surface area contributed by atoms with Crippen LogP contribution in [0.15, 0.2) is 23.1 Å². The fraction of sp³-hybridized carbons (Fsp3) is 0.222. The smallest absolute Gasteiger partial charge is 0.335 e. The summed E-state index contributed by atoms with van der Waals surface area (Å²) in [5.41, 5.74) is -0.124. The molecule has 0 saturated carbocycles. The number of carbonyl (C=O) groups is 1. The lowest BCUT2D eigenvalue weighted by Crippen LogP contribution is -2.23. The van der Waals surface area contributed by atoms with Gasteiger partial charge in [0.15, 0.2) is 0 Å². The number of aromatic carboxylic acids is 1. The van der Waals surface area contributed by atoms with Crippen LogP contribution in [-0.4, -0.2) is 26.0 Å². The molecule has 1 aromatic carbocycles. The van der Waals surface area contributed by atoms with Gasteiger partial charge in [0.25, 0.3) is 0 Å². The minimum atomic E-state index is -3.74. The Kier molecular flexibility index (Phi) is 3.90. The van der Waals surface area contributed by atoms with Crippen LogP contribution in [0.25, 0.3) is 0 Å². The van der Waals surface area contributed by atoms with Gasteiger partial charge in [-0.3, -0.25) is 0 Å². The number of carboxylic acid groups (broad SMARTS) is 1. The monoisotopic (exact) mass is 263 g/mol. The molecule has 0 aliphatic heterocycles. The molecule has 7 heteroatoms. The van der Waals surface area contributed by atoms with Gasteiger partial charge < -0.3 is 5.11 Å². The first-order chi connectivity index (χ1) is 7.38. The van der Waals surface area contributed by atoms with Gasteiger partial charge in [-0.25, -0.2) is 17.9 Å². The van der Waals surface area contributed by atoms with E-state index >= 15 is 0 Å². The Morgan fingerprint density at radius 2 is 2.12 bits per heavy atom. The third-order valence-corrected chi connectivity index (χ3v) is 3.83. The lowest BCUT2D eigenvalue weighted by atomic mass is 10.2. The highest BCUT2D eigenvalue weighted by Crippen LogP contribution is 2.22. The van der Waals surface area contributed by atoms with E-state index in [9.17, 15) is 13.2 Å². The van der Waals surface area contributed by atoms with Crippen molar-refractivity contribution in [3.63, 3.8) is 0 Å². The van der Waals surface area contributed by atoms with Crippen molar-refractivity contribution in [3.8, 4) is 0 Å². The number of hydrogen-bond donors (Lipinski definition) is 2. The van der Waals surface area contributed by atoms with Gasteiger partial charge in [0.2, 0.25) is 10.0 Å². The predicted octanol–water partition coefficient (Wildman–Crippen LogP) is 1.34. The number of benzene rings is 1. The molecule has 16 heavy (non-hydrogen) atoms. The van der Waals surface area contributed by atoms with Crippen LogP contribution in [0.3, 0.4) is 0 Å². The van der Waals surface area contributed by atoms with E-state index in [0.29, 0.717) is 0 Å². The Labute approximate surface area is 98.1 Å². The van der Waals surface area contributed by atoms with Gasteiger partial charge in [0.1, 0.15) is 4.90 Å². The molecule has 0 amide bonds. The standard InChI is InChI=1S/C9H10ClNO4S/c1-2-11-16(14,15)8-5-6(9(12)13)3-4-7(8)10/h3-5,11H,2H2,1H3,(H,12,13). The van der Waals surface area contributed by atoms with Crippen molar-refractivity contribution in [3.05, 3.63) is 28.8 Å². The molecule has 5 nitrogen and oxygen atoms in total. The minimum Gasteiger partial charge on any atom is -0.478 e. The van der Waals surface area contributed by atoms with Gasteiger partial charge in [-0.15, -0.1) is 0 Å². The Morgan fingerprint density at radius 3 is 2.62 bits per heavy atom. The van der Waals surface area contributed by atoms with Crippen LogP contribution in [0.4, 0.5) is 0 Å². The average molecular weight is 264 g/mol. The Hall–Kier alpha value is -1.11. The molecule has 0 saturated heterocycles. The number of rotatable bonds is 4. The average Bonchev–Trinajstić information content (AvgIpc) is 2.17. The van der Waals surface area contributed by atoms with Crippen molar-refractivity contribution >= 4 is 27.6 Å². The molecule has 0 heterocycles. The van der Waals surface area contributed by atoms with Crippen LogP contribution in [0.5, 0.6) is 0 Å². The van der Waals surface area contributed by atoms with Gasteiger partial charge in [-0.1, -0.05) is 18.5 Å². The Morgan fingerprint density at radius 1 is 1.50 bits per heavy atom. The summed E-state index contributed by atoms with van der Waals surface area (Å²) in [6, 6.07) is 3.52. The summed E-state index contributed by atoms with van der Waals surface area (Å²) in [5.74, 6) is -1.20. The van der Waals surface area contributed by atoms with E-state index in [1.807, 2.05) is 0 Å². The van der Waals surface area contributed by atoms with E-state index < -0.39 is 16.0 Å². The van der Waals surface area contributed by atoms with Gasteiger partial charge in [-0.2, -0.15) is 0 Å². The van der Waals surface area contributed by atoms with E-state index in [0.717, 1.165) is 6.07 Å². The fourth-order valence-electron chi connectivity index (χ4n) is 1.11. The minimum absolute atomic E-state index is 0.00838. The number of nitrogens with one attached hydrogen (secondary N) is 1. The molecule has 0 aromatic heterocycles. The lowest BCUT2D eigenvalue weighted by Gasteiger charge is -2.07. The van der Waals surface area contributed by atoms with Crippen molar-refractivity contribution in [1.29, 1.82) is 0 Å². The summed E-state index contributed by atoms with van der Waals surface area (Å²) >= 11 is 5.71. The van der Waals surface area contributed by atoms with Crippen molar-refractivity contribution < 1.29 is 18.3 Å². The van der Waals surface area contributed by atoms with Crippen molar-refractivity contribution in [1.82, 2.24) is 4.72 Å². The van der Waals surface area contributed by atoms with Crippen LogP contribution in [0.2, 0.25) is 5.02 Å². The van der Waals surface area contributed by atoms with E-state index in [2.05, 4.69) is 4.72 Å². The summed E-state index contributed by atoms with van der Waals surface area (Å²) in [6.45, 7) is 1.82. The highest BCUT2D eigenvalue weighted by molar-refractivity contribution is 7.89. The van der Waals surface area contributed by atoms with Crippen LogP contribution < -0.4 is 4.72 Å². The first-order valence-corrected chi connectivity index (χ1v) is 6.27. The number of halogens is 1. The number of sulfonamides is 1. The maximum atomic E-state index is 11.6. The molecular weight excluding hydrogens is 254 g/mol. The van der Waals surface area contributed by atoms with Crippen molar-refractivity contribution in [2.45, 2.75) is 11.8 Å². The molecule has 88 valence electrons. The molecule has 0 radical (unpaired) electrons. The van der Waals surface area contributed by atoms with Gasteiger partial charge >= 0.3 is 5.97 Å². The zero-order valence-corrected chi connectivity index (χ0v) is 9.97. The zero-order valence-electron chi connectivity index (χ0n) is 8.40. The van der Waals surface area contributed by atoms with E-state index in [1.165, 1.54) is 12.1 Å². The Bertz CT molecular complexity index is 512. The predicted molar refractivity (Wildman–Crippen MR) is 59.3 cm³/mol. The van der Waals surface area contributed by atoms with Crippen LogP contribution >= 0.6 is 11.6 Å². The first kappa shape index (κ1) is 13.0. The molecule has 1 rings (SSSR count). The molecule has 0 aliphatic rings. The van der Waals surface area contributed by atoms with Gasteiger partial charge in [-0.05, 0) is 18.2 Å². The first-order valence-electron chi connectivity index (χ1n) is 4.41. The zero-order chi connectivity index (χ0) is 12.3. The quantitative estimate of drug-likeness (QED) is 0.859. The number of hydrogen-bond acceptors (Lipinski definition) is 3. The third kappa shape index (κ3) is 2.72. The highest BCUT2D eigenvalue weighted by atomic mass is 35.5. The third-order valence-electron chi connectivity index (χ3n) is 1.80. The normalized spacial score (nSPS) is 11.4.